The van der Waals surface area contributed by atoms with Crippen LogP contribution in [-0.4, -0.2) is 87.5 Å². The van der Waals surface area contributed by atoms with Gasteiger partial charge in [-0.1, -0.05) is 37.1 Å². The Balaban J connectivity index is 1.06. The summed E-state index contributed by atoms with van der Waals surface area (Å²) in [5.74, 6) is -2.71. The molecule has 3 aliphatic heterocycles. The van der Waals surface area contributed by atoms with Crippen molar-refractivity contribution in [3.63, 3.8) is 0 Å². The highest BCUT2D eigenvalue weighted by atomic mass is 32.2. The van der Waals surface area contributed by atoms with E-state index in [0.29, 0.717) is 54.1 Å². The van der Waals surface area contributed by atoms with E-state index >= 15 is 0 Å². The standard InChI is InChI=1S/C38H42FN7O7S2/c39-29-9-6-7-24-19-45(21-28(24)29)37(50)53-26-17-32-33(47)43-38(35(49)44-55(51,52)27-11-12-27)18-25(38)8-4-2-1-3-5-10-30(34(48)46(32)20-26)41-36-42-31(22-54-36)23-13-15-40-16-14-23/h4,6-9,13-16,22,25-27,30,32H,1-3,5,10-12,17-21H2,(H,41,42)(H,43,47)(H,44,49)/b8-4-/t25-,26-,30+,32+,38-/m1/s1. The van der Waals surface area contributed by atoms with Crippen molar-refractivity contribution in [1.29, 1.82) is 0 Å². The van der Waals surface area contributed by atoms with E-state index in [1.807, 2.05) is 29.7 Å². The van der Waals surface area contributed by atoms with Crippen LogP contribution in [0.1, 0.15) is 68.9 Å². The predicted molar refractivity (Wildman–Crippen MR) is 200 cm³/mol. The molecule has 4 amide bonds. The van der Waals surface area contributed by atoms with Crippen molar-refractivity contribution in [2.45, 2.75) is 99.9 Å². The molecule has 3 N–H and O–H groups in total. The zero-order chi connectivity index (χ0) is 38.3. The molecule has 1 saturated heterocycles. The molecule has 0 radical (unpaired) electrons. The molecule has 0 unspecified atom stereocenters. The summed E-state index contributed by atoms with van der Waals surface area (Å²) in [6, 6.07) is 6.42. The SMILES string of the molecule is O=C1N[C@]2(C(=O)NS(=O)(=O)C3CC3)C[C@H]2/C=C\CCCCC[C@H](Nc2nc(-c3ccncc3)cs2)C(=O)N2C[C@H](OC(=O)N3Cc4cccc(F)c4C3)C[C@@H]12. The monoisotopic (exact) mass is 791 g/mol. The second-order valence-electron chi connectivity index (χ2n) is 15.0. The Morgan fingerprint density at radius 1 is 1.05 bits per heavy atom. The summed E-state index contributed by atoms with van der Waals surface area (Å²) in [6.45, 7) is 0.0786. The Morgan fingerprint density at radius 3 is 2.65 bits per heavy atom. The number of carbonyl (C=O) groups is 4. The number of fused-ring (bicyclic) bond motifs is 3. The molecule has 2 saturated carbocycles. The van der Waals surface area contributed by atoms with Gasteiger partial charge in [-0.3, -0.25) is 29.0 Å². The molecule has 55 heavy (non-hydrogen) atoms. The third-order valence-electron chi connectivity index (χ3n) is 11.1. The maximum absolute atomic E-state index is 14.6. The van der Waals surface area contributed by atoms with Gasteiger partial charge in [0.1, 0.15) is 29.5 Å². The number of thiazole rings is 1. The number of hydrogen-bond donors (Lipinski definition) is 3. The number of rotatable bonds is 7. The number of anilines is 1. The van der Waals surface area contributed by atoms with E-state index in [-0.39, 0.29) is 32.5 Å². The summed E-state index contributed by atoms with van der Waals surface area (Å²) in [5.41, 5.74) is 1.15. The first kappa shape index (κ1) is 37.0. The fraction of sp³-hybridized carbons (Fsp3) is 0.474. The number of sulfonamides is 1. The molecule has 5 aliphatic rings. The number of aromatic nitrogens is 2. The summed E-state index contributed by atoms with van der Waals surface area (Å²) in [6.07, 6.45) is 10.1. The largest absolute Gasteiger partial charge is 0.444 e. The molecule has 290 valence electrons. The molecule has 3 aromatic rings. The van der Waals surface area contributed by atoms with Crippen molar-refractivity contribution in [2.24, 2.45) is 5.92 Å². The highest BCUT2D eigenvalue weighted by molar-refractivity contribution is 7.91. The smallest absolute Gasteiger partial charge is 0.410 e. The topological polar surface area (TPSA) is 180 Å². The van der Waals surface area contributed by atoms with Gasteiger partial charge in [-0.25, -0.2) is 22.6 Å². The van der Waals surface area contributed by atoms with Gasteiger partial charge in [0.25, 0.3) is 5.91 Å². The zero-order valence-electron chi connectivity index (χ0n) is 30.0. The van der Waals surface area contributed by atoms with E-state index in [9.17, 15) is 32.0 Å². The number of pyridine rings is 1. The van der Waals surface area contributed by atoms with E-state index in [4.69, 9.17) is 9.72 Å². The van der Waals surface area contributed by atoms with Crippen LogP contribution in [0.3, 0.4) is 0 Å². The van der Waals surface area contributed by atoms with E-state index < -0.39 is 74.5 Å². The lowest BCUT2D eigenvalue weighted by Crippen LogP contribution is -2.57. The zero-order valence-corrected chi connectivity index (χ0v) is 31.6. The van der Waals surface area contributed by atoms with Crippen molar-refractivity contribution in [3.8, 4) is 11.3 Å². The van der Waals surface area contributed by atoms with Crippen LogP contribution in [0.4, 0.5) is 14.3 Å². The second kappa shape index (κ2) is 15.0. The van der Waals surface area contributed by atoms with Crippen LogP contribution in [-0.2, 0) is 42.2 Å². The number of ether oxygens (including phenoxy) is 1. The van der Waals surface area contributed by atoms with Gasteiger partial charge in [0.15, 0.2) is 5.13 Å². The quantitative estimate of drug-likeness (QED) is 0.293. The molecule has 2 aliphatic carbocycles. The Morgan fingerprint density at radius 2 is 1.87 bits per heavy atom. The Bertz CT molecular complexity index is 2130. The molecule has 5 atom stereocenters. The lowest BCUT2D eigenvalue weighted by molar-refractivity contribution is -0.140. The third kappa shape index (κ3) is 7.81. The van der Waals surface area contributed by atoms with Crippen molar-refractivity contribution in [1.82, 2.24) is 29.8 Å². The van der Waals surface area contributed by atoms with Crippen LogP contribution in [0.25, 0.3) is 11.3 Å². The minimum atomic E-state index is -3.90. The molecule has 0 spiro atoms. The van der Waals surface area contributed by atoms with Crippen LogP contribution >= 0.6 is 11.3 Å². The first-order valence-corrected chi connectivity index (χ1v) is 21.1. The van der Waals surface area contributed by atoms with Gasteiger partial charge >= 0.3 is 6.09 Å². The lowest BCUT2D eigenvalue weighted by Gasteiger charge is -2.29. The molecular weight excluding hydrogens is 750 g/mol. The average molecular weight is 792 g/mol. The predicted octanol–water partition coefficient (Wildman–Crippen LogP) is 4.25. The Labute approximate surface area is 322 Å². The van der Waals surface area contributed by atoms with Gasteiger partial charge in [0, 0.05) is 47.8 Å². The maximum Gasteiger partial charge on any atom is 0.410 e. The van der Waals surface area contributed by atoms with Gasteiger partial charge in [-0.15, -0.1) is 11.3 Å². The molecule has 1 aromatic carbocycles. The van der Waals surface area contributed by atoms with Crippen molar-refractivity contribution < 1.29 is 36.7 Å². The first-order valence-electron chi connectivity index (χ1n) is 18.7. The fourth-order valence-corrected chi connectivity index (χ4v) is 9.86. The number of carbonyl (C=O) groups excluding carboxylic acids is 4. The molecule has 17 heteroatoms. The summed E-state index contributed by atoms with van der Waals surface area (Å²) < 4.78 is 48.3. The number of nitrogens with one attached hydrogen (secondary N) is 3. The second-order valence-corrected chi connectivity index (χ2v) is 17.8. The van der Waals surface area contributed by atoms with E-state index in [1.165, 1.54) is 27.2 Å². The number of halogens is 1. The molecule has 5 heterocycles. The summed E-state index contributed by atoms with van der Waals surface area (Å²) in [5, 5.41) is 7.93. The van der Waals surface area contributed by atoms with Gasteiger partial charge in [0.2, 0.25) is 21.8 Å². The summed E-state index contributed by atoms with van der Waals surface area (Å²) in [7, 11) is -3.90. The minimum Gasteiger partial charge on any atom is -0.444 e. The molecule has 3 fully saturated rings. The number of allylic oxidation sites excluding steroid dienone is 1. The Hall–Kier alpha value is -4.90. The lowest BCUT2D eigenvalue weighted by atomic mass is 10.1. The van der Waals surface area contributed by atoms with Crippen LogP contribution in [0.5, 0.6) is 0 Å². The van der Waals surface area contributed by atoms with Crippen molar-refractivity contribution in [2.75, 3.05) is 11.9 Å². The van der Waals surface area contributed by atoms with Crippen molar-refractivity contribution in [3.05, 3.63) is 77.2 Å². The fourth-order valence-electron chi connectivity index (χ4n) is 7.72. The van der Waals surface area contributed by atoms with Gasteiger partial charge in [-0.2, -0.15) is 0 Å². The van der Waals surface area contributed by atoms with E-state index in [1.54, 1.807) is 24.5 Å². The molecule has 8 rings (SSSR count). The highest BCUT2D eigenvalue weighted by Crippen LogP contribution is 2.46. The average Bonchev–Trinajstić information content (AvgIpc) is 3.97. The number of benzene rings is 1. The number of nitrogens with zero attached hydrogens (tertiary/aromatic N) is 4. The third-order valence-corrected chi connectivity index (χ3v) is 13.7. The van der Waals surface area contributed by atoms with Crippen LogP contribution < -0.4 is 15.4 Å². The number of hydrogen-bond acceptors (Lipinski definition) is 11. The number of amides is 4. The first-order chi connectivity index (χ1) is 26.5. The van der Waals surface area contributed by atoms with E-state index in [2.05, 4.69) is 20.3 Å². The molecule has 2 aromatic heterocycles. The van der Waals surface area contributed by atoms with Crippen LogP contribution in [0.15, 0.2) is 60.3 Å². The minimum absolute atomic E-state index is 0.0255. The summed E-state index contributed by atoms with van der Waals surface area (Å²) in [4.78, 5) is 67.7. The Kier molecular flexibility index (Phi) is 10.1. The summed E-state index contributed by atoms with van der Waals surface area (Å²) >= 11 is 1.34. The normalized spacial score (nSPS) is 27.4. The van der Waals surface area contributed by atoms with Gasteiger partial charge < -0.3 is 20.3 Å². The van der Waals surface area contributed by atoms with Gasteiger partial charge in [-0.05, 0) is 62.3 Å². The molecule has 14 nitrogen and oxygen atoms in total. The van der Waals surface area contributed by atoms with Crippen molar-refractivity contribution >= 4 is 50.3 Å². The highest BCUT2D eigenvalue weighted by Gasteiger charge is 2.62. The molecule has 0 bridgehead atoms. The van der Waals surface area contributed by atoms with Gasteiger partial charge in [0.05, 0.1) is 24.0 Å². The van der Waals surface area contributed by atoms with E-state index in [0.717, 1.165) is 18.4 Å². The maximum atomic E-state index is 14.6. The molecular formula is C38H42FN7O7S2. The van der Waals surface area contributed by atoms with Crippen LogP contribution in [0, 0.1) is 11.7 Å². The van der Waals surface area contributed by atoms with Crippen LogP contribution in [0.2, 0.25) is 0 Å².